The average Bonchev–Trinajstić information content (AvgIpc) is 3.16. The van der Waals surface area contributed by atoms with Crippen molar-refractivity contribution in [1.29, 1.82) is 0 Å². The summed E-state index contributed by atoms with van der Waals surface area (Å²) in [4.78, 5) is 16.1. The first-order valence-electron chi connectivity index (χ1n) is 7.78. The van der Waals surface area contributed by atoms with Crippen LogP contribution < -0.4 is 5.32 Å². The predicted octanol–water partition coefficient (Wildman–Crippen LogP) is 3.71. The third-order valence-electron chi connectivity index (χ3n) is 3.70. The Morgan fingerprint density at radius 2 is 1.93 bits per heavy atom. The summed E-state index contributed by atoms with van der Waals surface area (Å²) in [7, 11) is 0. The molecule has 0 aliphatic carbocycles. The molecule has 142 valence electrons. The van der Waals surface area contributed by atoms with Gasteiger partial charge in [0.2, 0.25) is 11.9 Å². The second-order valence-electron chi connectivity index (χ2n) is 5.68. The molecule has 0 radical (unpaired) electrons. The van der Waals surface area contributed by atoms with Crippen LogP contribution in [0.5, 0.6) is 0 Å². The van der Waals surface area contributed by atoms with E-state index in [1.165, 1.54) is 13.3 Å². The number of alkyl halides is 2. The number of halogens is 4. The monoisotopic (exact) mass is 414 g/mol. The maximum atomic E-state index is 12.8. The number of amides is 1. The van der Waals surface area contributed by atoms with Gasteiger partial charge >= 0.3 is 0 Å². The van der Waals surface area contributed by atoms with Crippen molar-refractivity contribution >= 4 is 35.1 Å². The van der Waals surface area contributed by atoms with Gasteiger partial charge in [0.1, 0.15) is 18.6 Å². The molecular weight excluding hydrogens is 401 g/mol. The van der Waals surface area contributed by atoms with E-state index in [1.807, 2.05) is 12.1 Å². The molecule has 0 saturated carbocycles. The van der Waals surface area contributed by atoms with E-state index in [4.69, 9.17) is 23.2 Å². The lowest BCUT2D eigenvalue weighted by Crippen LogP contribution is -2.21. The van der Waals surface area contributed by atoms with E-state index in [0.29, 0.717) is 11.6 Å². The highest BCUT2D eigenvalue weighted by Gasteiger charge is 2.21. The topological polar surface area (TPSA) is 77.6 Å². The van der Waals surface area contributed by atoms with Crippen LogP contribution in [0, 0.1) is 6.92 Å². The highest BCUT2D eigenvalue weighted by atomic mass is 35.5. The van der Waals surface area contributed by atoms with Crippen LogP contribution in [0.25, 0.3) is 0 Å². The van der Waals surface area contributed by atoms with Crippen molar-refractivity contribution in [3.8, 4) is 0 Å². The maximum Gasteiger partial charge on any atom is 0.283 e. The highest BCUT2D eigenvalue weighted by Crippen LogP contribution is 2.28. The van der Waals surface area contributed by atoms with E-state index in [0.717, 1.165) is 10.2 Å². The fourth-order valence-corrected chi connectivity index (χ4v) is 2.69. The van der Waals surface area contributed by atoms with Gasteiger partial charge in [-0.3, -0.25) is 14.8 Å². The van der Waals surface area contributed by atoms with Gasteiger partial charge < -0.3 is 0 Å². The number of anilines is 1. The molecule has 27 heavy (non-hydrogen) atoms. The Hall–Kier alpha value is -2.52. The van der Waals surface area contributed by atoms with E-state index in [-0.39, 0.29) is 23.2 Å². The Bertz CT molecular complexity index is 954. The molecule has 0 saturated heterocycles. The van der Waals surface area contributed by atoms with Gasteiger partial charge in [-0.1, -0.05) is 35.3 Å². The van der Waals surface area contributed by atoms with Gasteiger partial charge in [-0.25, -0.2) is 18.4 Å². The molecule has 1 aromatic carbocycles. The molecule has 0 bridgehead atoms. The van der Waals surface area contributed by atoms with Gasteiger partial charge in [0.25, 0.3) is 6.43 Å². The number of hydrogen-bond donors (Lipinski definition) is 1. The lowest BCUT2D eigenvalue weighted by molar-refractivity contribution is -0.117. The Balaban J connectivity index is 1.63. The molecular formula is C16H14Cl2F2N6O. The molecule has 1 amide bonds. The number of nitrogens with zero attached hydrogens (tertiary/aromatic N) is 5. The molecule has 3 rings (SSSR count). The van der Waals surface area contributed by atoms with Gasteiger partial charge in [0, 0.05) is 5.02 Å². The molecule has 2 heterocycles. The summed E-state index contributed by atoms with van der Waals surface area (Å²) in [5, 5.41) is 10.8. The SMILES string of the molecule is Cc1c(Cl)c(C(F)F)nn1CC(=O)Nc1ncn(Cc2ccc(Cl)cc2)n1. The summed E-state index contributed by atoms with van der Waals surface area (Å²) >= 11 is 11.7. The third-order valence-corrected chi connectivity index (χ3v) is 4.42. The Kier molecular flexibility index (Phi) is 5.71. The van der Waals surface area contributed by atoms with Gasteiger partial charge in [-0.05, 0) is 24.6 Å². The van der Waals surface area contributed by atoms with Crippen LogP contribution in [0.3, 0.4) is 0 Å². The molecule has 3 aromatic rings. The molecule has 2 aromatic heterocycles. The van der Waals surface area contributed by atoms with E-state index in [2.05, 4.69) is 20.5 Å². The average molecular weight is 415 g/mol. The van der Waals surface area contributed by atoms with Crippen molar-refractivity contribution in [2.75, 3.05) is 5.32 Å². The molecule has 1 N–H and O–H groups in total. The summed E-state index contributed by atoms with van der Waals surface area (Å²) in [5.41, 5.74) is 0.694. The smallest absolute Gasteiger partial charge is 0.283 e. The second-order valence-corrected chi connectivity index (χ2v) is 6.50. The van der Waals surface area contributed by atoms with E-state index >= 15 is 0 Å². The summed E-state index contributed by atoms with van der Waals surface area (Å²) in [6.07, 6.45) is -1.35. The summed E-state index contributed by atoms with van der Waals surface area (Å²) < 4.78 is 28.3. The highest BCUT2D eigenvalue weighted by molar-refractivity contribution is 6.32. The number of aromatic nitrogens is 5. The number of hydrogen-bond acceptors (Lipinski definition) is 4. The van der Waals surface area contributed by atoms with Crippen LogP contribution >= 0.6 is 23.2 Å². The number of rotatable bonds is 6. The van der Waals surface area contributed by atoms with Gasteiger partial charge in [-0.2, -0.15) is 5.10 Å². The normalized spacial score (nSPS) is 11.2. The number of benzene rings is 1. The molecule has 0 fully saturated rings. The van der Waals surface area contributed by atoms with Crippen LogP contribution in [0.2, 0.25) is 10.0 Å². The molecule has 7 nitrogen and oxygen atoms in total. The first-order chi connectivity index (χ1) is 12.8. The van der Waals surface area contributed by atoms with Gasteiger partial charge in [-0.15, -0.1) is 5.10 Å². The van der Waals surface area contributed by atoms with Crippen LogP contribution in [0.15, 0.2) is 30.6 Å². The minimum Gasteiger partial charge on any atom is -0.292 e. The fraction of sp³-hybridized carbons (Fsp3) is 0.250. The standard InChI is InChI=1S/C16H14Cl2F2N6O/c1-9-13(18)14(15(19)20)23-26(9)7-12(27)22-16-21-8-25(24-16)6-10-2-4-11(17)5-3-10/h2-5,8,15H,6-7H2,1H3,(H,22,24,27). The predicted molar refractivity (Wildman–Crippen MR) is 96.1 cm³/mol. The third kappa shape index (κ3) is 4.61. The lowest BCUT2D eigenvalue weighted by atomic mass is 10.2. The van der Waals surface area contributed by atoms with Crippen LogP contribution in [0.1, 0.15) is 23.4 Å². The van der Waals surface area contributed by atoms with Crippen LogP contribution in [-0.2, 0) is 17.9 Å². The van der Waals surface area contributed by atoms with Crippen LogP contribution in [-0.4, -0.2) is 30.5 Å². The Labute approximate surface area is 162 Å². The summed E-state index contributed by atoms with van der Waals surface area (Å²) in [5.74, 6) is -0.415. The molecule has 0 atom stereocenters. The Morgan fingerprint density at radius 1 is 1.22 bits per heavy atom. The fourth-order valence-electron chi connectivity index (χ4n) is 2.35. The zero-order valence-electron chi connectivity index (χ0n) is 14.0. The zero-order valence-corrected chi connectivity index (χ0v) is 15.5. The van der Waals surface area contributed by atoms with Crippen molar-refractivity contribution in [2.45, 2.75) is 26.4 Å². The van der Waals surface area contributed by atoms with Gasteiger partial charge in [0.15, 0.2) is 0 Å². The molecule has 0 spiro atoms. The van der Waals surface area contributed by atoms with E-state index in [9.17, 15) is 13.6 Å². The molecule has 11 heteroatoms. The van der Waals surface area contributed by atoms with Crippen molar-refractivity contribution in [3.05, 3.63) is 57.6 Å². The largest absolute Gasteiger partial charge is 0.292 e. The van der Waals surface area contributed by atoms with Crippen molar-refractivity contribution in [3.63, 3.8) is 0 Å². The quantitative estimate of drug-likeness (QED) is 0.666. The number of carbonyl (C=O) groups excluding carboxylic acids is 1. The van der Waals surface area contributed by atoms with Gasteiger partial charge in [0.05, 0.1) is 17.3 Å². The molecule has 0 unspecified atom stereocenters. The second kappa shape index (κ2) is 8.01. The summed E-state index contributed by atoms with van der Waals surface area (Å²) in [6.45, 7) is 1.67. The first kappa shape index (κ1) is 19.2. The Morgan fingerprint density at radius 3 is 2.56 bits per heavy atom. The van der Waals surface area contributed by atoms with Crippen molar-refractivity contribution < 1.29 is 13.6 Å². The van der Waals surface area contributed by atoms with Crippen molar-refractivity contribution in [1.82, 2.24) is 24.5 Å². The number of carbonyl (C=O) groups is 1. The first-order valence-corrected chi connectivity index (χ1v) is 8.53. The van der Waals surface area contributed by atoms with Crippen molar-refractivity contribution in [2.24, 2.45) is 0 Å². The van der Waals surface area contributed by atoms with Crippen LogP contribution in [0.4, 0.5) is 14.7 Å². The van der Waals surface area contributed by atoms with E-state index < -0.39 is 18.0 Å². The minimum atomic E-state index is -2.81. The lowest BCUT2D eigenvalue weighted by Gasteiger charge is -2.04. The zero-order chi connectivity index (χ0) is 19.6. The molecule has 0 aliphatic heterocycles. The van der Waals surface area contributed by atoms with E-state index in [1.54, 1.807) is 16.8 Å². The minimum absolute atomic E-state index is 0.0963. The summed E-state index contributed by atoms with van der Waals surface area (Å²) in [6, 6.07) is 7.24. The molecule has 0 aliphatic rings. The maximum absolute atomic E-state index is 12.8. The number of nitrogens with one attached hydrogen (secondary N) is 1.